The zero-order chi connectivity index (χ0) is 13.8. The van der Waals surface area contributed by atoms with Crippen LogP contribution in [0.4, 0.5) is 0 Å². The number of nitrogens with two attached hydrogens (primary N) is 1. The summed E-state index contributed by atoms with van der Waals surface area (Å²) in [6.07, 6.45) is 4.18. The van der Waals surface area contributed by atoms with Gasteiger partial charge in [0.15, 0.2) is 0 Å². The van der Waals surface area contributed by atoms with Crippen LogP contribution in [0.25, 0.3) is 0 Å². The van der Waals surface area contributed by atoms with Crippen LogP contribution < -0.4 is 5.73 Å². The summed E-state index contributed by atoms with van der Waals surface area (Å²) < 4.78 is 1.13. The monoisotopic (exact) mass is 324 g/mol. The molecule has 106 valence electrons. The van der Waals surface area contributed by atoms with Crippen LogP contribution in [-0.2, 0) is 0 Å². The maximum atomic E-state index is 6.27. The largest absolute Gasteiger partial charge is 0.326 e. The minimum atomic E-state index is 0.148. The molecule has 3 heteroatoms. The minimum Gasteiger partial charge on any atom is -0.326 e. The Bertz CT molecular complexity index is 401. The highest BCUT2D eigenvalue weighted by Crippen LogP contribution is 2.32. The van der Waals surface area contributed by atoms with Gasteiger partial charge in [0.2, 0.25) is 0 Å². The number of halogens is 1. The van der Waals surface area contributed by atoms with Crippen LogP contribution in [0.1, 0.15) is 44.7 Å². The van der Waals surface area contributed by atoms with Gasteiger partial charge in [0.25, 0.3) is 0 Å². The maximum Gasteiger partial charge on any atom is 0.0496 e. The second-order valence-corrected chi connectivity index (χ2v) is 6.66. The van der Waals surface area contributed by atoms with Crippen LogP contribution in [0.2, 0.25) is 0 Å². The molecule has 0 saturated heterocycles. The van der Waals surface area contributed by atoms with Gasteiger partial charge in [-0.2, -0.15) is 0 Å². The summed E-state index contributed by atoms with van der Waals surface area (Å²) in [5.74, 6) is 0.883. The van der Waals surface area contributed by atoms with Crippen molar-refractivity contribution >= 4 is 15.9 Å². The van der Waals surface area contributed by atoms with Crippen molar-refractivity contribution in [1.29, 1.82) is 0 Å². The average molecular weight is 325 g/mol. The van der Waals surface area contributed by atoms with E-state index >= 15 is 0 Å². The molecule has 2 nitrogen and oxygen atoms in total. The number of likely N-dealkylation sites (N-methyl/N-ethyl adjacent to an activating group) is 1. The quantitative estimate of drug-likeness (QED) is 0.858. The first-order valence-electron chi connectivity index (χ1n) is 7.37. The second-order valence-electron chi connectivity index (χ2n) is 5.74. The van der Waals surface area contributed by atoms with Crippen LogP contribution >= 0.6 is 15.9 Å². The van der Waals surface area contributed by atoms with Gasteiger partial charge in [-0.25, -0.2) is 0 Å². The summed E-state index contributed by atoms with van der Waals surface area (Å²) in [6, 6.07) is 9.05. The topological polar surface area (TPSA) is 29.3 Å². The van der Waals surface area contributed by atoms with Crippen molar-refractivity contribution in [3.63, 3.8) is 0 Å². The van der Waals surface area contributed by atoms with Crippen molar-refractivity contribution in [2.75, 3.05) is 13.1 Å². The summed E-state index contributed by atoms with van der Waals surface area (Å²) in [7, 11) is 0. The van der Waals surface area contributed by atoms with E-state index in [0.717, 1.165) is 16.9 Å². The number of benzene rings is 1. The van der Waals surface area contributed by atoms with E-state index in [1.165, 1.54) is 31.4 Å². The predicted molar refractivity (Wildman–Crippen MR) is 85.1 cm³/mol. The minimum absolute atomic E-state index is 0.148. The molecule has 0 heterocycles. The SMILES string of the molecule is CCN(CC1CCC1)C(c1cccc(Br)c1)C(C)N. The first-order chi connectivity index (χ1) is 9.11. The molecule has 0 spiro atoms. The highest BCUT2D eigenvalue weighted by molar-refractivity contribution is 9.10. The lowest BCUT2D eigenvalue weighted by Crippen LogP contribution is -2.42. The van der Waals surface area contributed by atoms with Crippen LogP contribution in [0.3, 0.4) is 0 Å². The van der Waals surface area contributed by atoms with Gasteiger partial charge >= 0.3 is 0 Å². The fourth-order valence-electron chi connectivity index (χ4n) is 2.98. The Balaban J connectivity index is 2.16. The summed E-state index contributed by atoms with van der Waals surface area (Å²) in [4.78, 5) is 2.55. The van der Waals surface area contributed by atoms with Crippen molar-refractivity contribution in [1.82, 2.24) is 4.90 Å². The normalized spacial score (nSPS) is 19.2. The number of rotatable bonds is 6. The van der Waals surface area contributed by atoms with E-state index in [2.05, 4.69) is 58.9 Å². The lowest BCUT2D eigenvalue weighted by atomic mass is 9.84. The molecule has 1 aliphatic rings. The molecule has 1 aromatic carbocycles. The van der Waals surface area contributed by atoms with E-state index in [4.69, 9.17) is 5.73 Å². The van der Waals surface area contributed by atoms with Gasteiger partial charge in [-0.15, -0.1) is 0 Å². The molecule has 0 amide bonds. The van der Waals surface area contributed by atoms with E-state index in [-0.39, 0.29) is 6.04 Å². The molecule has 1 aromatic rings. The van der Waals surface area contributed by atoms with Crippen LogP contribution in [0, 0.1) is 5.92 Å². The molecular weight excluding hydrogens is 300 g/mol. The lowest BCUT2D eigenvalue weighted by molar-refractivity contribution is 0.125. The smallest absolute Gasteiger partial charge is 0.0496 e. The molecule has 2 rings (SSSR count). The highest BCUT2D eigenvalue weighted by Gasteiger charge is 2.27. The Labute approximate surface area is 125 Å². The summed E-state index contributed by atoms with van der Waals surface area (Å²) >= 11 is 3.57. The molecule has 2 unspecified atom stereocenters. The summed E-state index contributed by atoms with van der Waals surface area (Å²) in [6.45, 7) is 6.62. The Morgan fingerprint density at radius 2 is 2.16 bits per heavy atom. The van der Waals surface area contributed by atoms with Gasteiger partial charge in [0, 0.05) is 23.1 Å². The van der Waals surface area contributed by atoms with Crippen molar-refractivity contribution in [3.05, 3.63) is 34.3 Å². The van der Waals surface area contributed by atoms with Crippen LogP contribution in [0.15, 0.2) is 28.7 Å². The fourth-order valence-corrected chi connectivity index (χ4v) is 3.40. The standard InChI is InChI=1S/C16H25BrN2/c1-3-19(11-13-6-4-7-13)16(12(2)18)14-8-5-9-15(17)10-14/h5,8-10,12-13,16H,3-4,6-7,11,18H2,1-2H3. The third kappa shape index (κ3) is 3.80. The van der Waals surface area contributed by atoms with Gasteiger partial charge < -0.3 is 5.73 Å². The molecule has 1 aliphatic carbocycles. The van der Waals surface area contributed by atoms with Gasteiger partial charge in [-0.05, 0) is 49.9 Å². The number of hydrogen-bond acceptors (Lipinski definition) is 2. The predicted octanol–water partition coefficient (Wildman–Crippen LogP) is 3.96. The molecule has 2 atom stereocenters. The molecule has 0 aliphatic heterocycles. The Kier molecular flexibility index (Phi) is 5.43. The van der Waals surface area contributed by atoms with E-state index in [0.29, 0.717) is 6.04 Å². The Morgan fingerprint density at radius 1 is 1.42 bits per heavy atom. The van der Waals surface area contributed by atoms with Crippen molar-refractivity contribution in [2.45, 2.75) is 45.2 Å². The van der Waals surface area contributed by atoms with Crippen molar-refractivity contribution in [3.8, 4) is 0 Å². The van der Waals surface area contributed by atoms with Gasteiger partial charge in [-0.3, -0.25) is 4.90 Å². The van der Waals surface area contributed by atoms with E-state index in [1.807, 2.05) is 0 Å². The van der Waals surface area contributed by atoms with Crippen molar-refractivity contribution in [2.24, 2.45) is 11.7 Å². The van der Waals surface area contributed by atoms with Gasteiger partial charge in [-0.1, -0.05) is 41.4 Å². The Hall–Kier alpha value is -0.380. The molecular formula is C16H25BrN2. The molecule has 1 saturated carbocycles. The van der Waals surface area contributed by atoms with Gasteiger partial charge in [0.05, 0.1) is 0 Å². The first kappa shape index (κ1) is 15.0. The third-order valence-electron chi connectivity index (χ3n) is 4.21. The van der Waals surface area contributed by atoms with E-state index in [1.54, 1.807) is 0 Å². The van der Waals surface area contributed by atoms with Crippen LogP contribution in [-0.4, -0.2) is 24.0 Å². The summed E-state index contributed by atoms with van der Waals surface area (Å²) in [5.41, 5.74) is 7.60. The zero-order valence-electron chi connectivity index (χ0n) is 12.0. The number of hydrogen-bond donors (Lipinski definition) is 1. The van der Waals surface area contributed by atoms with Crippen molar-refractivity contribution < 1.29 is 0 Å². The van der Waals surface area contributed by atoms with Crippen LogP contribution in [0.5, 0.6) is 0 Å². The van der Waals surface area contributed by atoms with Gasteiger partial charge in [0.1, 0.15) is 0 Å². The number of nitrogens with zero attached hydrogens (tertiary/aromatic N) is 1. The molecule has 19 heavy (non-hydrogen) atoms. The average Bonchev–Trinajstić information content (AvgIpc) is 2.31. The zero-order valence-corrected chi connectivity index (χ0v) is 13.6. The molecule has 0 radical (unpaired) electrons. The fraction of sp³-hybridized carbons (Fsp3) is 0.625. The third-order valence-corrected chi connectivity index (χ3v) is 4.70. The lowest BCUT2D eigenvalue weighted by Gasteiger charge is -2.38. The van der Waals surface area contributed by atoms with E-state index in [9.17, 15) is 0 Å². The molecule has 0 aromatic heterocycles. The molecule has 2 N–H and O–H groups in total. The highest BCUT2D eigenvalue weighted by atomic mass is 79.9. The summed E-state index contributed by atoms with van der Waals surface area (Å²) in [5, 5.41) is 0. The molecule has 1 fully saturated rings. The maximum absolute atomic E-state index is 6.27. The second kappa shape index (κ2) is 6.87. The first-order valence-corrected chi connectivity index (χ1v) is 8.16. The Morgan fingerprint density at radius 3 is 2.63 bits per heavy atom. The van der Waals surface area contributed by atoms with E-state index < -0.39 is 0 Å². The molecule has 0 bridgehead atoms.